The highest BCUT2D eigenvalue weighted by Crippen LogP contribution is 2.36. The number of alkyl halides is 2. The van der Waals surface area contributed by atoms with E-state index in [2.05, 4.69) is 10.6 Å². The zero-order chi connectivity index (χ0) is 25.3. The number of piperidine rings is 1. The van der Waals surface area contributed by atoms with Crippen molar-refractivity contribution in [3.63, 3.8) is 0 Å². The van der Waals surface area contributed by atoms with Crippen LogP contribution in [0.5, 0.6) is 5.75 Å². The van der Waals surface area contributed by atoms with Crippen LogP contribution in [0.4, 0.5) is 13.2 Å². The van der Waals surface area contributed by atoms with Gasteiger partial charge in [-0.2, -0.15) is 8.78 Å². The van der Waals surface area contributed by atoms with Gasteiger partial charge >= 0.3 is 5.92 Å². The molecule has 1 unspecified atom stereocenters. The van der Waals surface area contributed by atoms with E-state index >= 15 is 0 Å². The highest BCUT2D eigenvalue weighted by molar-refractivity contribution is 6.05. The van der Waals surface area contributed by atoms with Crippen LogP contribution in [0.2, 0.25) is 0 Å². The molecule has 4 amide bonds. The first-order valence-corrected chi connectivity index (χ1v) is 11.0. The molecule has 8 nitrogen and oxygen atoms in total. The third-order valence-corrected chi connectivity index (χ3v) is 5.91. The molecule has 184 valence electrons. The predicted molar refractivity (Wildman–Crippen MR) is 116 cm³/mol. The number of carbonyl (C=O) groups is 4. The maximum absolute atomic E-state index is 14.8. The lowest BCUT2D eigenvalue weighted by atomic mass is 10.0. The lowest BCUT2D eigenvalue weighted by molar-refractivity contribution is -0.147. The van der Waals surface area contributed by atoms with Gasteiger partial charge in [0.2, 0.25) is 11.8 Å². The summed E-state index contributed by atoms with van der Waals surface area (Å²) in [7, 11) is 0. The number of amides is 4. The Morgan fingerprint density at radius 2 is 1.97 bits per heavy atom. The van der Waals surface area contributed by atoms with Crippen molar-refractivity contribution in [1.82, 2.24) is 15.5 Å². The molecule has 2 aliphatic rings. The number of hydrogen-bond acceptors (Lipinski definition) is 5. The fourth-order valence-electron chi connectivity index (χ4n) is 4.18. The van der Waals surface area contributed by atoms with Gasteiger partial charge in [-0.15, -0.1) is 0 Å². The Hall–Kier alpha value is -3.89. The molecule has 0 spiro atoms. The first-order chi connectivity index (χ1) is 16.6. The van der Waals surface area contributed by atoms with Gasteiger partial charge in [0.1, 0.15) is 17.6 Å². The average molecular weight is 489 g/mol. The van der Waals surface area contributed by atoms with Crippen LogP contribution in [0.25, 0.3) is 0 Å². The lowest BCUT2D eigenvalue weighted by Gasteiger charge is -2.29. The van der Waals surface area contributed by atoms with Gasteiger partial charge in [0.05, 0.1) is 12.2 Å². The molecule has 2 N–H and O–H groups in total. The summed E-state index contributed by atoms with van der Waals surface area (Å²) in [6, 6.07) is 6.40. The summed E-state index contributed by atoms with van der Waals surface area (Å²) in [6.07, 6.45) is 0.338. The van der Waals surface area contributed by atoms with E-state index in [1.54, 1.807) is 13.0 Å². The molecule has 0 aromatic heterocycles. The maximum atomic E-state index is 14.8. The monoisotopic (exact) mass is 489 g/mol. The molecule has 35 heavy (non-hydrogen) atoms. The summed E-state index contributed by atoms with van der Waals surface area (Å²) >= 11 is 0. The Bertz CT molecular complexity index is 1220. The number of benzene rings is 2. The largest absolute Gasteiger partial charge is 0.493 e. The second-order valence-corrected chi connectivity index (χ2v) is 8.22. The first kappa shape index (κ1) is 24.2. The summed E-state index contributed by atoms with van der Waals surface area (Å²) in [4.78, 5) is 50.0. The Kier molecular flexibility index (Phi) is 6.51. The van der Waals surface area contributed by atoms with E-state index in [1.165, 1.54) is 17.0 Å². The number of hydrogen-bond donors (Lipinski definition) is 2. The minimum absolute atomic E-state index is 0.0556. The first-order valence-electron chi connectivity index (χ1n) is 11.0. The third kappa shape index (κ3) is 4.71. The molecule has 4 rings (SSSR count). The number of carbonyl (C=O) groups excluding carboxylic acids is 4. The van der Waals surface area contributed by atoms with E-state index in [0.29, 0.717) is 22.8 Å². The Labute approximate surface area is 198 Å². The van der Waals surface area contributed by atoms with Crippen LogP contribution in [0.3, 0.4) is 0 Å². The quantitative estimate of drug-likeness (QED) is 0.582. The maximum Gasteiger partial charge on any atom is 0.353 e. The molecule has 0 radical (unpaired) electrons. The second kappa shape index (κ2) is 9.40. The highest BCUT2D eigenvalue weighted by Gasteiger charge is 2.44. The van der Waals surface area contributed by atoms with Crippen molar-refractivity contribution in [2.75, 3.05) is 6.61 Å². The molecule has 1 atom stereocenters. The van der Waals surface area contributed by atoms with Crippen LogP contribution in [-0.2, 0) is 33.4 Å². The van der Waals surface area contributed by atoms with Gasteiger partial charge in [-0.05, 0) is 48.7 Å². The zero-order valence-electron chi connectivity index (χ0n) is 18.7. The van der Waals surface area contributed by atoms with Crippen molar-refractivity contribution in [2.24, 2.45) is 0 Å². The number of nitrogens with zero attached hydrogens (tertiary/aromatic N) is 1. The molecule has 2 aromatic carbocycles. The van der Waals surface area contributed by atoms with Crippen LogP contribution in [0.15, 0.2) is 36.4 Å². The average Bonchev–Trinajstić information content (AvgIpc) is 3.14. The van der Waals surface area contributed by atoms with Crippen LogP contribution in [0, 0.1) is 5.82 Å². The van der Waals surface area contributed by atoms with Crippen molar-refractivity contribution in [2.45, 2.75) is 44.8 Å². The fraction of sp³-hybridized carbons (Fsp3) is 0.333. The standard InChI is InChI=1S/C24H22F3N3O5/c1-2-35-19-7-4-15(25)10-17(19)24(26,27)23(34)28-11-13-3-5-16-14(9-13)12-30(22(16)33)18-6-8-20(31)29-21(18)32/h3-5,7,9-10,18H,2,6,8,11-12H2,1H3,(H,28,34)(H,29,31,32). The Morgan fingerprint density at radius 3 is 2.69 bits per heavy atom. The van der Waals surface area contributed by atoms with Crippen molar-refractivity contribution in [3.8, 4) is 5.75 Å². The predicted octanol–water partition coefficient (Wildman–Crippen LogP) is 2.39. The summed E-state index contributed by atoms with van der Waals surface area (Å²) in [5.74, 6) is -8.21. The summed E-state index contributed by atoms with van der Waals surface area (Å²) in [5, 5.41) is 4.37. The molecule has 1 fully saturated rings. The second-order valence-electron chi connectivity index (χ2n) is 8.22. The van der Waals surface area contributed by atoms with Gasteiger partial charge in [-0.25, -0.2) is 4.39 Å². The molecular weight excluding hydrogens is 467 g/mol. The number of halogens is 3. The zero-order valence-corrected chi connectivity index (χ0v) is 18.7. The van der Waals surface area contributed by atoms with E-state index in [4.69, 9.17) is 4.74 Å². The molecule has 1 saturated heterocycles. The van der Waals surface area contributed by atoms with Crippen molar-refractivity contribution >= 4 is 23.6 Å². The summed E-state index contributed by atoms with van der Waals surface area (Å²) < 4.78 is 48.4. The van der Waals surface area contributed by atoms with Gasteiger partial charge in [0.15, 0.2) is 0 Å². The number of fused-ring (bicyclic) bond motifs is 1. The van der Waals surface area contributed by atoms with Crippen molar-refractivity contribution in [1.29, 1.82) is 0 Å². The van der Waals surface area contributed by atoms with E-state index in [1.807, 2.05) is 0 Å². The van der Waals surface area contributed by atoms with Crippen LogP contribution in [0.1, 0.15) is 46.8 Å². The van der Waals surface area contributed by atoms with E-state index in [-0.39, 0.29) is 44.2 Å². The van der Waals surface area contributed by atoms with Crippen molar-refractivity contribution < 1.29 is 37.1 Å². The number of rotatable bonds is 7. The topological polar surface area (TPSA) is 105 Å². The SMILES string of the molecule is CCOc1ccc(F)cc1C(F)(F)C(=O)NCc1ccc2c(c1)CN(C1CCC(=O)NC1=O)C2=O. The Morgan fingerprint density at radius 1 is 1.20 bits per heavy atom. The van der Waals surface area contributed by atoms with Crippen molar-refractivity contribution in [3.05, 3.63) is 64.5 Å². The molecule has 2 aliphatic heterocycles. The van der Waals surface area contributed by atoms with Gasteiger partial charge in [-0.1, -0.05) is 12.1 Å². The summed E-state index contributed by atoms with van der Waals surface area (Å²) in [5.41, 5.74) is 0.504. The normalized spacial score (nSPS) is 17.8. The van der Waals surface area contributed by atoms with Gasteiger partial charge in [-0.3, -0.25) is 24.5 Å². The molecule has 2 heterocycles. The summed E-state index contributed by atoms with van der Waals surface area (Å²) in [6.45, 7) is 1.47. The minimum Gasteiger partial charge on any atom is -0.493 e. The third-order valence-electron chi connectivity index (χ3n) is 5.91. The minimum atomic E-state index is -4.05. The van der Waals surface area contributed by atoms with Crippen LogP contribution >= 0.6 is 0 Å². The molecule has 0 saturated carbocycles. The molecule has 0 aliphatic carbocycles. The number of nitrogens with one attached hydrogen (secondary N) is 2. The number of ether oxygens (including phenoxy) is 1. The molecule has 2 aromatic rings. The highest BCUT2D eigenvalue weighted by atomic mass is 19.3. The van der Waals surface area contributed by atoms with Crippen LogP contribution < -0.4 is 15.4 Å². The molecule has 11 heteroatoms. The molecule has 0 bridgehead atoms. The smallest absolute Gasteiger partial charge is 0.353 e. The van der Waals surface area contributed by atoms with E-state index in [0.717, 1.165) is 12.1 Å². The van der Waals surface area contributed by atoms with Crippen LogP contribution in [-0.4, -0.2) is 41.2 Å². The lowest BCUT2D eigenvalue weighted by Crippen LogP contribution is -2.52. The van der Waals surface area contributed by atoms with Gasteiger partial charge in [0.25, 0.3) is 11.8 Å². The molecular formula is C24H22F3N3O5. The van der Waals surface area contributed by atoms with Gasteiger partial charge < -0.3 is 15.0 Å². The number of imide groups is 1. The van der Waals surface area contributed by atoms with E-state index in [9.17, 15) is 32.3 Å². The van der Waals surface area contributed by atoms with Gasteiger partial charge in [0, 0.05) is 25.1 Å². The van der Waals surface area contributed by atoms with E-state index < -0.39 is 41.1 Å². The fourth-order valence-corrected chi connectivity index (χ4v) is 4.18. The Balaban J connectivity index is 1.46.